The van der Waals surface area contributed by atoms with E-state index in [1.165, 1.54) is 25.7 Å². The molecule has 0 heterocycles. The molecule has 0 bridgehead atoms. The van der Waals surface area contributed by atoms with Crippen LogP contribution in [0, 0.1) is 0 Å². The smallest absolute Gasteiger partial charge is 0.268 e. The van der Waals surface area contributed by atoms with Crippen LogP contribution in [0.3, 0.4) is 0 Å². The van der Waals surface area contributed by atoms with Crippen LogP contribution in [0.2, 0.25) is 0 Å². The van der Waals surface area contributed by atoms with Gasteiger partial charge in [-0.25, -0.2) is 0 Å². The van der Waals surface area contributed by atoms with Gasteiger partial charge < -0.3 is 28.5 Å². The molecule has 0 aliphatic carbocycles. The van der Waals surface area contributed by atoms with Crippen molar-refractivity contribution in [2.45, 2.75) is 71.3 Å². The molecule has 0 aliphatic heterocycles. The van der Waals surface area contributed by atoms with Crippen LogP contribution in [0.25, 0.3) is 0 Å². The Kier molecular flexibility index (Phi) is 15.9. The second kappa shape index (κ2) is 16.2. The summed E-state index contributed by atoms with van der Waals surface area (Å²) in [6.07, 6.45) is 8.02. The Balaban J connectivity index is 4.05. The molecule has 0 rings (SSSR count). The van der Waals surface area contributed by atoms with Crippen molar-refractivity contribution < 1.29 is 32.5 Å². The molecule has 174 valence electrons. The van der Waals surface area contributed by atoms with E-state index >= 15 is 0 Å². The highest BCUT2D eigenvalue weighted by Crippen LogP contribution is 2.38. The summed E-state index contributed by atoms with van der Waals surface area (Å²) in [4.78, 5) is 23.8. The van der Waals surface area contributed by atoms with Crippen molar-refractivity contribution >= 4 is 13.7 Å². The minimum Gasteiger partial charge on any atom is -0.756 e. The van der Waals surface area contributed by atoms with E-state index in [2.05, 4.69) is 12.2 Å². The maximum Gasteiger partial charge on any atom is 0.268 e. The number of amides is 1. The van der Waals surface area contributed by atoms with Crippen LogP contribution >= 0.6 is 7.82 Å². The molecule has 29 heavy (non-hydrogen) atoms. The predicted octanol–water partition coefficient (Wildman–Crippen LogP) is 2.86. The second-order valence-electron chi connectivity index (χ2n) is 8.34. The highest BCUT2D eigenvalue weighted by Gasteiger charge is 2.17. The van der Waals surface area contributed by atoms with Gasteiger partial charge in [-0.1, -0.05) is 45.4 Å². The van der Waals surface area contributed by atoms with Gasteiger partial charge in [-0.05, 0) is 13.3 Å². The van der Waals surface area contributed by atoms with E-state index in [4.69, 9.17) is 13.8 Å². The van der Waals surface area contributed by atoms with Gasteiger partial charge in [-0.2, -0.15) is 0 Å². The molecular weight excluding hydrogens is 395 g/mol. The molecule has 2 atom stereocenters. The first-order valence-corrected chi connectivity index (χ1v) is 12.3. The largest absolute Gasteiger partial charge is 0.756 e. The summed E-state index contributed by atoms with van der Waals surface area (Å²) < 4.78 is 27.7. The van der Waals surface area contributed by atoms with Crippen LogP contribution in [-0.4, -0.2) is 70.5 Å². The molecule has 0 aromatic heterocycles. The number of rotatable bonds is 19. The van der Waals surface area contributed by atoms with E-state index in [1.54, 1.807) is 0 Å². The van der Waals surface area contributed by atoms with E-state index in [0.717, 1.165) is 19.3 Å². The molecule has 0 radical (unpaired) electrons. The Morgan fingerprint density at radius 2 is 1.66 bits per heavy atom. The molecule has 9 heteroatoms. The third-order valence-electron chi connectivity index (χ3n) is 4.37. The first-order chi connectivity index (χ1) is 13.6. The predicted molar refractivity (Wildman–Crippen MR) is 113 cm³/mol. The van der Waals surface area contributed by atoms with Crippen LogP contribution in [0.15, 0.2) is 0 Å². The number of nitrogens with zero attached hydrogens (tertiary/aromatic N) is 1. The summed E-state index contributed by atoms with van der Waals surface area (Å²) >= 11 is 0. The number of nitrogens with one attached hydrogen (secondary N) is 1. The standard InChI is InChI=1S/C20H43N2O6P/c1-6-8-9-10-11-12-13-14-20(23)21-17-19(26-7-2)18-28-29(24,25)27-16-15-22(3,4)5/h19H,6-18H2,1-5H3,(H-,21,23,24,25). The van der Waals surface area contributed by atoms with Crippen LogP contribution in [0.4, 0.5) is 0 Å². The van der Waals surface area contributed by atoms with Gasteiger partial charge >= 0.3 is 0 Å². The van der Waals surface area contributed by atoms with Gasteiger partial charge in [0.15, 0.2) is 0 Å². The van der Waals surface area contributed by atoms with Crippen LogP contribution in [-0.2, 0) is 23.1 Å². The van der Waals surface area contributed by atoms with Gasteiger partial charge in [0.05, 0.1) is 33.9 Å². The van der Waals surface area contributed by atoms with Crippen molar-refractivity contribution in [2.75, 3.05) is 54.1 Å². The first-order valence-electron chi connectivity index (χ1n) is 10.9. The fraction of sp³-hybridized carbons (Fsp3) is 0.950. The summed E-state index contributed by atoms with van der Waals surface area (Å²) in [5, 5.41) is 2.80. The van der Waals surface area contributed by atoms with E-state index in [9.17, 15) is 14.3 Å². The lowest BCUT2D eigenvalue weighted by Crippen LogP contribution is -2.38. The summed E-state index contributed by atoms with van der Waals surface area (Å²) in [5.74, 6) is -0.0484. The number of hydrogen-bond acceptors (Lipinski definition) is 6. The SMILES string of the molecule is CCCCCCCCCC(=O)NCC(COP(=O)([O-])OCC[N+](C)(C)C)OCC. The Morgan fingerprint density at radius 1 is 1.03 bits per heavy atom. The molecular formula is C20H43N2O6P. The summed E-state index contributed by atoms with van der Waals surface area (Å²) in [5.41, 5.74) is 0. The minimum absolute atomic E-state index is 0.0484. The molecule has 0 aromatic carbocycles. The summed E-state index contributed by atoms with van der Waals surface area (Å²) in [7, 11) is 1.44. The fourth-order valence-corrected chi connectivity index (χ4v) is 3.33. The van der Waals surface area contributed by atoms with Crippen molar-refractivity contribution in [3.8, 4) is 0 Å². The maximum absolute atomic E-state index is 12.0. The van der Waals surface area contributed by atoms with Crippen molar-refractivity contribution in [3.05, 3.63) is 0 Å². The lowest BCUT2D eigenvalue weighted by Gasteiger charge is -2.28. The average Bonchev–Trinajstić information content (AvgIpc) is 2.62. The number of quaternary nitrogens is 1. The molecule has 1 N–H and O–H groups in total. The quantitative estimate of drug-likeness (QED) is 0.189. The third kappa shape index (κ3) is 19.2. The van der Waals surface area contributed by atoms with E-state index in [-0.39, 0.29) is 25.7 Å². The lowest BCUT2D eigenvalue weighted by atomic mass is 10.1. The van der Waals surface area contributed by atoms with Gasteiger partial charge in [0, 0.05) is 19.6 Å². The number of carbonyl (C=O) groups excluding carboxylic acids is 1. The first kappa shape index (κ1) is 28.5. The summed E-state index contributed by atoms with van der Waals surface area (Å²) in [6, 6.07) is 0. The lowest BCUT2D eigenvalue weighted by molar-refractivity contribution is -0.870. The normalized spacial score (nSPS) is 15.1. The molecule has 0 saturated carbocycles. The fourth-order valence-electron chi connectivity index (χ4n) is 2.60. The van der Waals surface area contributed by atoms with E-state index < -0.39 is 13.9 Å². The number of likely N-dealkylation sites (N-methyl/N-ethyl adjacent to an activating group) is 1. The van der Waals surface area contributed by atoms with E-state index in [1.807, 2.05) is 28.1 Å². The summed E-state index contributed by atoms with van der Waals surface area (Å²) in [6.45, 7) is 5.02. The van der Waals surface area contributed by atoms with Crippen molar-refractivity contribution in [3.63, 3.8) is 0 Å². The van der Waals surface area contributed by atoms with Gasteiger partial charge in [-0.3, -0.25) is 9.36 Å². The molecule has 1 amide bonds. The number of hydrogen-bond donors (Lipinski definition) is 1. The molecule has 0 spiro atoms. The van der Waals surface area contributed by atoms with Crippen molar-refractivity contribution in [2.24, 2.45) is 0 Å². The molecule has 0 aromatic rings. The van der Waals surface area contributed by atoms with Crippen LogP contribution < -0.4 is 10.2 Å². The van der Waals surface area contributed by atoms with Gasteiger partial charge in [0.25, 0.3) is 7.82 Å². The van der Waals surface area contributed by atoms with Crippen LogP contribution in [0.1, 0.15) is 65.2 Å². The number of phosphoric acid groups is 1. The molecule has 0 aliphatic rings. The zero-order valence-corrected chi connectivity index (χ0v) is 20.0. The van der Waals surface area contributed by atoms with E-state index in [0.29, 0.717) is 24.1 Å². The molecule has 2 unspecified atom stereocenters. The Morgan fingerprint density at radius 3 is 2.24 bits per heavy atom. The Bertz CT molecular complexity index is 470. The van der Waals surface area contributed by atoms with Crippen molar-refractivity contribution in [1.29, 1.82) is 0 Å². The third-order valence-corrected chi connectivity index (χ3v) is 5.33. The zero-order chi connectivity index (χ0) is 22.2. The second-order valence-corrected chi connectivity index (χ2v) is 9.75. The number of phosphoric ester groups is 1. The minimum atomic E-state index is -4.39. The highest BCUT2D eigenvalue weighted by molar-refractivity contribution is 7.45. The van der Waals surface area contributed by atoms with Gasteiger partial charge in [0.2, 0.25) is 5.91 Å². The highest BCUT2D eigenvalue weighted by atomic mass is 31.2. The van der Waals surface area contributed by atoms with Gasteiger partial charge in [0.1, 0.15) is 13.2 Å². The monoisotopic (exact) mass is 438 g/mol. The Hall–Kier alpha value is -0.500. The maximum atomic E-state index is 12.0. The number of unbranched alkanes of at least 4 members (excludes halogenated alkanes) is 6. The Labute approximate surface area is 177 Å². The van der Waals surface area contributed by atoms with Crippen molar-refractivity contribution in [1.82, 2.24) is 5.32 Å². The molecule has 0 saturated heterocycles. The van der Waals surface area contributed by atoms with Gasteiger partial charge in [-0.15, -0.1) is 0 Å². The van der Waals surface area contributed by atoms with Crippen LogP contribution in [0.5, 0.6) is 0 Å². The topological polar surface area (TPSA) is 96.9 Å². The number of ether oxygens (including phenoxy) is 1. The average molecular weight is 439 g/mol. The molecule has 0 fully saturated rings. The zero-order valence-electron chi connectivity index (χ0n) is 19.1. The number of carbonyl (C=O) groups is 1. The molecule has 8 nitrogen and oxygen atoms in total.